The average Bonchev–Trinajstić information content (AvgIpc) is 2.94. The van der Waals surface area contributed by atoms with Gasteiger partial charge in [-0.2, -0.15) is 18.3 Å². The van der Waals surface area contributed by atoms with Crippen LogP contribution >= 0.6 is 11.6 Å². The van der Waals surface area contributed by atoms with Crippen molar-refractivity contribution in [2.24, 2.45) is 0 Å². The molecule has 1 amide bonds. The third-order valence-corrected chi connectivity index (χ3v) is 4.29. The second kappa shape index (κ2) is 8.81. The van der Waals surface area contributed by atoms with E-state index in [1.54, 1.807) is 0 Å². The number of amides is 1. The van der Waals surface area contributed by atoms with Gasteiger partial charge in [0.05, 0.1) is 27.4 Å². The van der Waals surface area contributed by atoms with Crippen molar-refractivity contribution in [3.05, 3.63) is 44.7 Å². The normalized spacial score (nSPS) is 12.7. The Labute approximate surface area is 170 Å². The van der Waals surface area contributed by atoms with E-state index in [2.05, 4.69) is 10.4 Å². The molecule has 0 aliphatic carbocycles. The SMILES string of the molecule is Cc1c(Cl)c(C(F)(F)F)nn1C(C)C(=O)Nc1cc(OCC(F)F)cc([N+](=O)[O-])c1. The molecule has 1 atom stereocenters. The average molecular weight is 457 g/mol. The van der Waals surface area contributed by atoms with E-state index in [1.165, 1.54) is 13.8 Å². The van der Waals surface area contributed by atoms with Crippen LogP contribution < -0.4 is 10.1 Å². The molecule has 30 heavy (non-hydrogen) atoms. The highest BCUT2D eigenvalue weighted by Crippen LogP contribution is 2.36. The Morgan fingerprint density at radius 3 is 2.50 bits per heavy atom. The number of nitrogens with one attached hydrogen (secondary N) is 1. The first-order valence-corrected chi connectivity index (χ1v) is 8.52. The lowest BCUT2D eigenvalue weighted by Gasteiger charge is -2.15. The van der Waals surface area contributed by atoms with Gasteiger partial charge in [0.1, 0.15) is 18.4 Å². The minimum absolute atomic E-state index is 0.119. The van der Waals surface area contributed by atoms with Gasteiger partial charge >= 0.3 is 6.18 Å². The Balaban J connectivity index is 2.30. The van der Waals surface area contributed by atoms with Crippen LogP contribution in [0.5, 0.6) is 5.75 Å². The number of nitro benzene ring substituents is 1. The van der Waals surface area contributed by atoms with E-state index in [0.717, 1.165) is 22.9 Å². The van der Waals surface area contributed by atoms with Crippen molar-refractivity contribution in [1.29, 1.82) is 0 Å². The van der Waals surface area contributed by atoms with Gasteiger partial charge in [-0.1, -0.05) is 11.6 Å². The second-order valence-corrected chi connectivity index (χ2v) is 6.41. The van der Waals surface area contributed by atoms with Crippen LogP contribution in [-0.2, 0) is 11.0 Å². The van der Waals surface area contributed by atoms with Crippen LogP contribution in [0.1, 0.15) is 24.4 Å². The first-order chi connectivity index (χ1) is 13.8. The molecule has 0 saturated heterocycles. The first kappa shape index (κ1) is 23.3. The summed E-state index contributed by atoms with van der Waals surface area (Å²) in [6.07, 6.45) is -7.67. The number of nitro groups is 1. The number of rotatable bonds is 7. The third kappa shape index (κ3) is 5.34. The van der Waals surface area contributed by atoms with Crippen molar-refractivity contribution >= 4 is 28.9 Å². The number of ether oxygens (including phenoxy) is 1. The Morgan fingerprint density at radius 2 is 2.00 bits per heavy atom. The number of aromatic nitrogens is 2. The van der Waals surface area contributed by atoms with Gasteiger partial charge in [-0.15, -0.1) is 0 Å². The largest absolute Gasteiger partial charge is 0.487 e. The molecule has 164 valence electrons. The molecule has 8 nitrogen and oxygen atoms in total. The molecule has 0 aliphatic rings. The highest BCUT2D eigenvalue weighted by Gasteiger charge is 2.39. The standard InChI is InChI=1S/C16H14ClF5N4O4/c1-7-13(17)14(16(20,21)22)24-25(7)8(2)15(27)23-9-3-10(26(28)29)5-11(4-9)30-6-12(18)19/h3-5,8,12H,6H2,1-2H3,(H,23,27). The van der Waals surface area contributed by atoms with E-state index in [-0.39, 0.29) is 17.1 Å². The maximum Gasteiger partial charge on any atom is 0.436 e. The van der Waals surface area contributed by atoms with Crippen molar-refractivity contribution in [1.82, 2.24) is 9.78 Å². The van der Waals surface area contributed by atoms with Gasteiger partial charge in [-0.25, -0.2) is 8.78 Å². The Morgan fingerprint density at radius 1 is 1.37 bits per heavy atom. The van der Waals surface area contributed by atoms with Crippen LogP contribution in [0.15, 0.2) is 18.2 Å². The summed E-state index contributed by atoms with van der Waals surface area (Å²) in [4.78, 5) is 22.7. The molecule has 14 heteroatoms. The van der Waals surface area contributed by atoms with E-state index in [4.69, 9.17) is 16.3 Å². The Bertz CT molecular complexity index is 964. The molecular weight excluding hydrogens is 443 g/mol. The van der Waals surface area contributed by atoms with Crippen molar-refractivity contribution in [3.8, 4) is 5.75 Å². The lowest BCUT2D eigenvalue weighted by atomic mass is 10.2. The van der Waals surface area contributed by atoms with Gasteiger partial charge in [0.25, 0.3) is 12.1 Å². The number of hydrogen-bond acceptors (Lipinski definition) is 5. The Kier molecular flexibility index (Phi) is 6.85. The first-order valence-electron chi connectivity index (χ1n) is 8.14. The minimum atomic E-state index is -4.83. The van der Waals surface area contributed by atoms with Crippen molar-refractivity contribution in [2.45, 2.75) is 32.5 Å². The van der Waals surface area contributed by atoms with E-state index >= 15 is 0 Å². The molecule has 0 fully saturated rings. The fourth-order valence-corrected chi connectivity index (χ4v) is 2.65. The number of alkyl halides is 5. The summed E-state index contributed by atoms with van der Waals surface area (Å²) in [7, 11) is 0. The zero-order valence-corrected chi connectivity index (χ0v) is 16.1. The summed E-state index contributed by atoms with van der Waals surface area (Å²) in [5.41, 5.74) is -2.22. The molecular formula is C16H14ClF5N4O4. The molecule has 1 heterocycles. The highest BCUT2D eigenvalue weighted by atomic mass is 35.5. The van der Waals surface area contributed by atoms with Crippen LogP contribution in [0.3, 0.4) is 0 Å². The van der Waals surface area contributed by atoms with E-state index in [1.807, 2.05) is 0 Å². The van der Waals surface area contributed by atoms with E-state index in [0.29, 0.717) is 0 Å². The highest BCUT2D eigenvalue weighted by molar-refractivity contribution is 6.32. The molecule has 1 aromatic carbocycles. The molecule has 0 radical (unpaired) electrons. The summed E-state index contributed by atoms with van der Waals surface area (Å²) in [6.45, 7) is 1.44. The summed E-state index contributed by atoms with van der Waals surface area (Å²) in [5, 5.41) is 16.0. The Hall–Kier alpha value is -2.96. The fraction of sp³-hybridized carbons (Fsp3) is 0.375. The van der Waals surface area contributed by atoms with Crippen LogP contribution in [0, 0.1) is 17.0 Å². The summed E-state index contributed by atoms with van der Waals surface area (Å²) < 4.78 is 69.0. The van der Waals surface area contributed by atoms with Crippen LogP contribution in [0.2, 0.25) is 5.02 Å². The number of carbonyl (C=O) groups excluding carboxylic acids is 1. The van der Waals surface area contributed by atoms with Crippen molar-refractivity contribution in [3.63, 3.8) is 0 Å². The molecule has 0 bridgehead atoms. The number of carbonyl (C=O) groups is 1. The predicted octanol–water partition coefficient (Wildman–Crippen LogP) is 4.62. The van der Waals surface area contributed by atoms with Gasteiger partial charge < -0.3 is 10.1 Å². The summed E-state index contributed by atoms with van der Waals surface area (Å²) in [5.74, 6) is -1.18. The summed E-state index contributed by atoms with van der Waals surface area (Å²) in [6, 6.07) is 1.59. The maximum atomic E-state index is 13.0. The van der Waals surface area contributed by atoms with Gasteiger partial charge in [0, 0.05) is 12.1 Å². The summed E-state index contributed by atoms with van der Waals surface area (Å²) >= 11 is 5.66. The number of non-ortho nitro benzene ring substituents is 1. The van der Waals surface area contributed by atoms with E-state index in [9.17, 15) is 36.9 Å². The molecule has 1 aromatic heterocycles. The molecule has 0 spiro atoms. The molecule has 2 rings (SSSR count). The van der Waals surface area contributed by atoms with Gasteiger partial charge in [-0.05, 0) is 13.8 Å². The number of nitrogens with zero attached hydrogens (tertiary/aromatic N) is 3. The van der Waals surface area contributed by atoms with Gasteiger partial charge in [-0.3, -0.25) is 19.6 Å². The van der Waals surface area contributed by atoms with Crippen LogP contribution in [0.4, 0.5) is 33.3 Å². The number of hydrogen-bond donors (Lipinski definition) is 1. The number of anilines is 1. The zero-order valence-electron chi connectivity index (χ0n) is 15.3. The van der Waals surface area contributed by atoms with Gasteiger partial charge in [0.2, 0.25) is 5.91 Å². The molecule has 1 unspecified atom stereocenters. The molecule has 2 aromatic rings. The van der Waals surface area contributed by atoms with Crippen molar-refractivity contribution in [2.75, 3.05) is 11.9 Å². The maximum absolute atomic E-state index is 13.0. The molecule has 0 saturated carbocycles. The van der Waals surface area contributed by atoms with Gasteiger partial charge in [0.15, 0.2) is 5.69 Å². The number of halogens is 6. The van der Waals surface area contributed by atoms with E-state index < -0.39 is 52.5 Å². The molecule has 1 N–H and O–H groups in total. The van der Waals surface area contributed by atoms with Crippen LogP contribution in [-0.4, -0.2) is 33.6 Å². The lowest BCUT2D eigenvalue weighted by Crippen LogP contribution is -2.25. The minimum Gasteiger partial charge on any atom is -0.487 e. The lowest BCUT2D eigenvalue weighted by molar-refractivity contribution is -0.384. The molecule has 0 aliphatic heterocycles. The van der Waals surface area contributed by atoms with Crippen molar-refractivity contribution < 1.29 is 36.4 Å². The monoisotopic (exact) mass is 456 g/mol. The fourth-order valence-electron chi connectivity index (χ4n) is 2.42. The topological polar surface area (TPSA) is 99.3 Å². The quantitative estimate of drug-likeness (QED) is 0.372. The second-order valence-electron chi connectivity index (χ2n) is 6.03. The third-order valence-electron chi connectivity index (χ3n) is 3.84. The number of benzene rings is 1. The van der Waals surface area contributed by atoms with Crippen LogP contribution in [0.25, 0.3) is 0 Å². The predicted molar refractivity (Wildman–Crippen MR) is 94.9 cm³/mol. The smallest absolute Gasteiger partial charge is 0.436 e. The zero-order chi connectivity index (χ0) is 22.8.